The van der Waals surface area contributed by atoms with Crippen molar-refractivity contribution in [3.63, 3.8) is 0 Å². The zero-order valence-corrected chi connectivity index (χ0v) is 14.8. The molecule has 4 nitrogen and oxygen atoms in total. The maximum absolute atomic E-state index is 13.5. The first-order valence-electron chi connectivity index (χ1n) is 8.20. The number of nitrogens with zero attached hydrogens (tertiary/aromatic N) is 2. The second-order valence-corrected chi connectivity index (χ2v) is 6.67. The van der Waals surface area contributed by atoms with E-state index in [1.807, 2.05) is 0 Å². The van der Waals surface area contributed by atoms with Crippen LogP contribution in [0.25, 0.3) is 0 Å². The first kappa shape index (κ1) is 19.4. The Kier molecular flexibility index (Phi) is 5.26. The van der Waals surface area contributed by atoms with Gasteiger partial charge in [0.1, 0.15) is 0 Å². The Morgan fingerprint density at radius 2 is 1.78 bits per heavy atom. The van der Waals surface area contributed by atoms with Crippen molar-refractivity contribution in [1.82, 2.24) is 5.01 Å². The summed E-state index contributed by atoms with van der Waals surface area (Å²) in [7, 11) is 0. The molecule has 8 heteroatoms. The van der Waals surface area contributed by atoms with Gasteiger partial charge in [-0.1, -0.05) is 54.1 Å². The van der Waals surface area contributed by atoms with E-state index in [0.717, 1.165) is 5.56 Å². The number of carbonyl (C=O) groups is 1. The Morgan fingerprint density at radius 3 is 2.37 bits per heavy atom. The predicted octanol–water partition coefficient (Wildman–Crippen LogP) is 4.16. The maximum atomic E-state index is 13.5. The van der Waals surface area contributed by atoms with Crippen molar-refractivity contribution < 1.29 is 23.1 Å². The fraction of sp³-hybridized carbons (Fsp3) is 0.263. The van der Waals surface area contributed by atoms with Gasteiger partial charge in [0.25, 0.3) is 5.72 Å². The summed E-state index contributed by atoms with van der Waals surface area (Å²) in [6, 6.07) is 14.9. The van der Waals surface area contributed by atoms with E-state index in [9.17, 15) is 23.1 Å². The zero-order chi connectivity index (χ0) is 19.7. The van der Waals surface area contributed by atoms with E-state index in [-0.39, 0.29) is 23.6 Å². The van der Waals surface area contributed by atoms with Crippen molar-refractivity contribution in [2.45, 2.75) is 31.2 Å². The number of benzene rings is 2. The molecule has 1 heterocycles. The number of aryl methyl sites for hydroxylation is 1. The van der Waals surface area contributed by atoms with E-state index in [1.54, 1.807) is 30.3 Å². The highest BCUT2D eigenvalue weighted by atomic mass is 35.5. The summed E-state index contributed by atoms with van der Waals surface area (Å²) in [5.41, 5.74) is -2.22. The minimum absolute atomic E-state index is 0.0282. The standard InChI is InChI=1S/C19H16ClF3N2O2/c20-15-9-7-14(8-10-15)16-12-18(27,19(21,22)23)25(24-16)17(26)11-6-13-4-2-1-3-5-13/h1-5,7-10,27H,6,11-12H2/t18-/m1/s1. The number of hydrazone groups is 1. The summed E-state index contributed by atoms with van der Waals surface area (Å²) in [6.07, 6.45) is -5.85. The number of alkyl halides is 3. The topological polar surface area (TPSA) is 52.9 Å². The molecule has 0 fully saturated rings. The number of rotatable bonds is 4. The van der Waals surface area contributed by atoms with Gasteiger partial charge in [0.15, 0.2) is 0 Å². The maximum Gasteiger partial charge on any atom is 0.438 e. The van der Waals surface area contributed by atoms with Gasteiger partial charge in [0, 0.05) is 11.4 Å². The van der Waals surface area contributed by atoms with Crippen LogP contribution < -0.4 is 0 Å². The summed E-state index contributed by atoms with van der Waals surface area (Å²) in [4.78, 5) is 12.4. The third kappa shape index (κ3) is 3.99. The molecule has 0 saturated heterocycles. The molecule has 1 aliphatic heterocycles. The van der Waals surface area contributed by atoms with Crippen LogP contribution in [0.2, 0.25) is 5.02 Å². The second kappa shape index (κ2) is 7.32. The van der Waals surface area contributed by atoms with Crippen molar-refractivity contribution in [2.75, 3.05) is 0 Å². The van der Waals surface area contributed by atoms with E-state index in [2.05, 4.69) is 5.10 Å². The molecule has 1 atom stereocenters. The lowest BCUT2D eigenvalue weighted by molar-refractivity contribution is -0.302. The van der Waals surface area contributed by atoms with Crippen molar-refractivity contribution in [2.24, 2.45) is 5.10 Å². The molecule has 0 unspecified atom stereocenters. The molecular weight excluding hydrogens is 381 g/mol. The van der Waals surface area contributed by atoms with Gasteiger partial charge in [-0.05, 0) is 29.7 Å². The minimum Gasteiger partial charge on any atom is -0.362 e. The van der Waals surface area contributed by atoms with Crippen LogP contribution in [0.1, 0.15) is 24.0 Å². The molecule has 0 aliphatic carbocycles. The van der Waals surface area contributed by atoms with Gasteiger partial charge in [0.05, 0.1) is 12.1 Å². The van der Waals surface area contributed by atoms with E-state index in [4.69, 9.17) is 11.6 Å². The molecule has 1 amide bonds. The monoisotopic (exact) mass is 396 g/mol. The smallest absolute Gasteiger partial charge is 0.362 e. The summed E-state index contributed by atoms with van der Waals surface area (Å²) in [6.45, 7) is 0. The van der Waals surface area contributed by atoms with Crippen LogP contribution in [0.15, 0.2) is 59.7 Å². The van der Waals surface area contributed by atoms with Crippen molar-refractivity contribution >= 4 is 23.2 Å². The van der Waals surface area contributed by atoms with Gasteiger partial charge in [-0.25, -0.2) is 0 Å². The largest absolute Gasteiger partial charge is 0.438 e. The molecule has 1 aliphatic rings. The summed E-state index contributed by atoms with van der Waals surface area (Å²) < 4.78 is 40.6. The molecule has 0 spiro atoms. The SMILES string of the molecule is O=C(CCc1ccccc1)N1N=C(c2ccc(Cl)cc2)C[C@@]1(O)C(F)(F)F. The number of halogens is 4. The minimum atomic E-state index is -5.05. The van der Waals surface area contributed by atoms with Gasteiger partial charge in [-0.3, -0.25) is 4.79 Å². The summed E-state index contributed by atoms with van der Waals surface area (Å²) in [5.74, 6) is -0.900. The predicted molar refractivity (Wildman–Crippen MR) is 95.2 cm³/mol. The Labute approximate surface area is 158 Å². The molecule has 3 rings (SSSR count). The molecule has 2 aromatic rings. The van der Waals surface area contributed by atoms with E-state index in [1.165, 1.54) is 24.3 Å². The molecule has 0 radical (unpaired) electrons. The third-order valence-electron chi connectivity index (χ3n) is 4.32. The number of hydrogen-bond donors (Lipinski definition) is 1. The summed E-state index contributed by atoms with van der Waals surface area (Å²) >= 11 is 5.79. The Bertz CT molecular complexity index is 854. The van der Waals surface area contributed by atoms with Gasteiger partial charge >= 0.3 is 6.18 Å². The summed E-state index contributed by atoms with van der Waals surface area (Å²) in [5, 5.41) is 14.7. The highest BCUT2D eigenvalue weighted by molar-refractivity contribution is 6.30. The first-order valence-corrected chi connectivity index (χ1v) is 8.58. The lowest BCUT2D eigenvalue weighted by Crippen LogP contribution is -2.56. The van der Waals surface area contributed by atoms with E-state index < -0.39 is 24.2 Å². The molecule has 0 bridgehead atoms. The third-order valence-corrected chi connectivity index (χ3v) is 4.58. The van der Waals surface area contributed by atoms with Crippen molar-refractivity contribution in [1.29, 1.82) is 0 Å². The normalized spacial score (nSPS) is 19.9. The average molecular weight is 397 g/mol. The second-order valence-electron chi connectivity index (χ2n) is 6.24. The molecule has 2 aromatic carbocycles. The number of amides is 1. The van der Waals surface area contributed by atoms with Gasteiger partial charge in [0.2, 0.25) is 5.91 Å². The van der Waals surface area contributed by atoms with Crippen LogP contribution in [0.3, 0.4) is 0 Å². The fourth-order valence-electron chi connectivity index (χ4n) is 2.83. The molecular formula is C19H16ClF3N2O2. The molecule has 142 valence electrons. The van der Waals surface area contributed by atoms with Crippen LogP contribution in [0.5, 0.6) is 0 Å². The quantitative estimate of drug-likeness (QED) is 0.843. The van der Waals surface area contributed by atoms with Crippen molar-refractivity contribution in [3.8, 4) is 0 Å². The van der Waals surface area contributed by atoms with E-state index in [0.29, 0.717) is 10.6 Å². The lowest BCUT2D eigenvalue weighted by Gasteiger charge is -2.32. The van der Waals surface area contributed by atoms with Crippen LogP contribution in [-0.2, 0) is 11.2 Å². The Hall–Kier alpha value is -2.38. The van der Waals surface area contributed by atoms with Crippen molar-refractivity contribution in [3.05, 3.63) is 70.7 Å². The van der Waals surface area contributed by atoms with Crippen LogP contribution >= 0.6 is 11.6 Å². The zero-order valence-electron chi connectivity index (χ0n) is 14.1. The highest BCUT2D eigenvalue weighted by Crippen LogP contribution is 2.41. The fourth-order valence-corrected chi connectivity index (χ4v) is 2.96. The molecule has 1 N–H and O–H groups in total. The molecule has 27 heavy (non-hydrogen) atoms. The van der Waals surface area contributed by atoms with Gasteiger partial charge in [-0.15, -0.1) is 0 Å². The van der Waals surface area contributed by atoms with Crippen LogP contribution in [0, 0.1) is 0 Å². The van der Waals surface area contributed by atoms with Gasteiger partial charge in [-0.2, -0.15) is 23.3 Å². The van der Waals surface area contributed by atoms with Crippen LogP contribution in [-0.4, -0.2) is 33.6 Å². The average Bonchev–Trinajstić information content (AvgIpc) is 3.00. The molecule has 0 saturated carbocycles. The van der Waals surface area contributed by atoms with Crippen LogP contribution in [0.4, 0.5) is 13.2 Å². The number of aliphatic hydroxyl groups is 1. The Balaban J connectivity index is 1.85. The highest BCUT2D eigenvalue weighted by Gasteiger charge is 2.63. The lowest BCUT2D eigenvalue weighted by atomic mass is 10.0. The first-order chi connectivity index (χ1) is 12.7. The van der Waals surface area contributed by atoms with E-state index >= 15 is 0 Å². The number of hydrogen-bond acceptors (Lipinski definition) is 3. The van der Waals surface area contributed by atoms with Gasteiger partial charge < -0.3 is 5.11 Å². The Morgan fingerprint density at radius 1 is 1.15 bits per heavy atom. The number of carbonyl (C=O) groups excluding carboxylic acids is 1. The molecule has 0 aromatic heterocycles.